The number of nitrogens with zero attached hydrogens (tertiary/aromatic N) is 1. The molecule has 6 nitrogen and oxygen atoms in total. The number of thiazole rings is 1. The van der Waals surface area contributed by atoms with Gasteiger partial charge < -0.3 is 0 Å². The van der Waals surface area contributed by atoms with E-state index in [1.54, 1.807) is 35.8 Å². The van der Waals surface area contributed by atoms with Gasteiger partial charge in [0, 0.05) is 23.7 Å². The topological polar surface area (TPSA) is 88.2 Å². The largest absolute Gasteiger partial charge is 0.298 e. The molecule has 0 aliphatic rings. The molecule has 1 heterocycles. The lowest BCUT2D eigenvalue weighted by molar-refractivity contribution is 0.102. The Balaban J connectivity index is 1.62. The van der Waals surface area contributed by atoms with Crippen LogP contribution in [0.5, 0.6) is 0 Å². The fourth-order valence-electron chi connectivity index (χ4n) is 2.10. The van der Waals surface area contributed by atoms with Gasteiger partial charge in [-0.25, -0.2) is 22.5 Å². The average Bonchev–Trinajstić information content (AvgIpc) is 3.14. The summed E-state index contributed by atoms with van der Waals surface area (Å²) in [5.41, 5.74) is 1.12. The summed E-state index contributed by atoms with van der Waals surface area (Å²) < 4.78 is 39.7. The van der Waals surface area contributed by atoms with E-state index in [4.69, 9.17) is 0 Å². The predicted molar refractivity (Wildman–Crippen MR) is 96.9 cm³/mol. The van der Waals surface area contributed by atoms with Gasteiger partial charge in [0.1, 0.15) is 5.82 Å². The van der Waals surface area contributed by atoms with E-state index in [2.05, 4.69) is 15.0 Å². The second-order valence-corrected chi connectivity index (χ2v) is 7.93. The fraction of sp³-hybridized carbons (Fsp3) is 0.0588. The maximum atomic E-state index is 12.9. The van der Waals surface area contributed by atoms with Gasteiger partial charge >= 0.3 is 0 Å². The number of nitrogens with one attached hydrogen (secondary N) is 2. The van der Waals surface area contributed by atoms with Crippen molar-refractivity contribution in [1.82, 2.24) is 9.71 Å². The number of halogens is 1. The highest BCUT2D eigenvalue weighted by Crippen LogP contribution is 2.14. The molecule has 0 atom stereocenters. The van der Waals surface area contributed by atoms with E-state index in [1.807, 2.05) is 0 Å². The van der Waals surface area contributed by atoms with Crippen LogP contribution in [-0.4, -0.2) is 19.3 Å². The minimum Gasteiger partial charge on any atom is -0.298 e. The van der Waals surface area contributed by atoms with Crippen LogP contribution in [0.25, 0.3) is 0 Å². The molecule has 1 amide bonds. The molecular formula is C17H14FN3O3S2. The van der Waals surface area contributed by atoms with Crippen LogP contribution < -0.4 is 10.0 Å². The van der Waals surface area contributed by atoms with Crippen LogP contribution in [0.2, 0.25) is 0 Å². The summed E-state index contributed by atoms with van der Waals surface area (Å²) in [5, 5.41) is 4.93. The third-order valence-electron chi connectivity index (χ3n) is 3.46. The fourth-order valence-corrected chi connectivity index (χ4v) is 3.65. The summed E-state index contributed by atoms with van der Waals surface area (Å²) in [7, 11) is -3.74. The number of benzene rings is 2. The molecule has 2 N–H and O–H groups in total. The van der Waals surface area contributed by atoms with Crippen LogP contribution in [0.3, 0.4) is 0 Å². The minimum atomic E-state index is -3.74. The van der Waals surface area contributed by atoms with Crippen LogP contribution >= 0.6 is 11.3 Å². The lowest BCUT2D eigenvalue weighted by atomic mass is 10.1. The summed E-state index contributed by atoms with van der Waals surface area (Å²) >= 11 is 1.32. The quantitative estimate of drug-likeness (QED) is 0.676. The molecule has 3 rings (SSSR count). The molecule has 0 spiro atoms. The van der Waals surface area contributed by atoms with Gasteiger partial charge in [0.25, 0.3) is 5.91 Å². The van der Waals surface area contributed by atoms with E-state index in [1.165, 1.54) is 23.5 Å². The van der Waals surface area contributed by atoms with Crippen molar-refractivity contribution >= 4 is 32.4 Å². The summed E-state index contributed by atoms with van der Waals surface area (Å²) in [6.07, 6.45) is 1.59. The molecule has 0 unspecified atom stereocenters. The van der Waals surface area contributed by atoms with Crippen LogP contribution in [0.15, 0.2) is 65.0 Å². The van der Waals surface area contributed by atoms with Crippen molar-refractivity contribution in [2.45, 2.75) is 11.4 Å². The van der Waals surface area contributed by atoms with Crippen molar-refractivity contribution < 1.29 is 17.6 Å². The van der Waals surface area contributed by atoms with E-state index in [-0.39, 0.29) is 17.3 Å². The first-order valence-electron chi connectivity index (χ1n) is 7.49. The standard InChI is InChI=1S/C17H14FN3O3S2/c18-14-5-7-15(8-6-14)26(23,24)20-11-12-1-3-13(4-2-12)16(22)21-17-19-9-10-25-17/h1-10,20H,11H2,(H,19,21,22). The predicted octanol–water partition coefficient (Wildman–Crippen LogP) is 3.01. The summed E-state index contributed by atoms with van der Waals surface area (Å²) in [5.74, 6) is -0.797. The SMILES string of the molecule is O=C(Nc1nccs1)c1ccc(CNS(=O)(=O)c2ccc(F)cc2)cc1. The third-order valence-corrected chi connectivity index (χ3v) is 5.56. The van der Waals surface area contributed by atoms with Gasteiger partial charge in [0.15, 0.2) is 5.13 Å². The van der Waals surface area contributed by atoms with Crippen LogP contribution in [0.1, 0.15) is 15.9 Å². The van der Waals surface area contributed by atoms with Crippen molar-refractivity contribution in [2.24, 2.45) is 0 Å². The van der Waals surface area contributed by atoms with Crippen LogP contribution in [0.4, 0.5) is 9.52 Å². The zero-order chi connectivity index (χ0) is 18.6. The van der Waals surface area contributed by atoms with Crippen molar-refractivity contribution in [2.75, 3.05) is 5.32 Å². The van der Waals surface area contributed by atoms with E-state index < -0.39 is 15.8 Å². The Labute approximate surface area is 153 Å². The molecule has 134 valence electrons. The van der Waals surface area contributed by atoms with E-state index in [0.29, 0.717) is 16.3 Å². The van der Waals surface area contributed by atoms with Crippen LogP contribution in [-0.2, 0) is 16.6 Å². The molecule has 2 aromatic carbocycles. The molecule has 1 aromatic heterocycles. The van der Waals surface area contributed by atoms with Crippen molar-refractivity contribution in [3.05, 3.63) is 77.1 Å². The number of hydrogen-bond donors (Lipinski definition) is 2. The monoisotopic (exact) mass is 391 g/mol. The summed E-state index contributed by atoms with van der Waals surface area (Å²) in [6.45, 7) is 0.0497. The third kappa shape index (κ3) is 4.51. The number of amides is 1. The second kappa shape index (κ2) is 7.73. The molecular weight excluding hydrogens is 377 g/mol. The lowest BCUT2D eigenvalue weighted by Crippen LogP contribution is -2.23. The Hall–Kier alpha value is -2.62. The Morgan fingerprint density at radius 1 is 1.08 bits per heavy atom. The van der Waals surface area contributed by atoms with Gasteiger partial charge in [0.2, 0.25) is 10.0 Å². The first-order chi connectivity index (χ1) is 12.4. The van der Waals surface area contributed by atoms with Crippen molar-refractivity contribution in [3.63, 3.8) is 0 Å². The minimum absolute atomic E-state index is 0.0154. The molecule has 0 aliphatic carbocycles. The van der Waals surface area contributed by atoms with Gasteiger partial charge in [-0.1, -0.05) is 12.1 Å². The zero-order valence-corrected chi connectivity index (χ0v) is 15.0. The molecule has 0 saturated heterocycles. The van der Waals surface area contributed by atoms with Gasteiger partial charge in [-0.2, -0.15) is 0 Å². The molecule has 0 fully saturated rings. The number of aromatic nitrogens is 1. The van der Waals surface area contributed by atoms with Crippen LogP contribution in [0, 0.1) is 5.82 Å². The maximum Gasteiger partial charge on any atom is 0.257 e. The highest BCUT2D eigenvalue weighted by atomic mass is 32.2. The Bertz CT molecular complexity index is 987. The normalized spacial score (nSPS) is 11.3. The highest BCUT2D eigenvalue weighted by Gasteiger charge is 2.14. The molecule has 9 heteroatoms. The Morgan fingerprint density at radius 3 is 2.38 bits per heavy atom. The summed E-state index contributed by atoms with van der Waals surface area (Å²) in [6, 6.07) is 11.1. The van der Waals surface area contributed by atoms with Crippen molar-refractivity contribution in [1.29, 1.82) is 0 Å². The van der Waals surface area contributed by atoms with Crippen molar-refractivity contribution in [3.8, 4) is 0 Å². The van der Waals surface area contributed by atoms with E-state index in [0.717, 1.165) is 12.1 Å². The van der Waals surface area contributed by atoms with Gasteiger partial charge in [-0.05, 0) is 42.0 Å². The summed E-state index contributed by atoms with van der Waals surface area (Å²) in [4.78, 5) is 16.0. The second-order valence-electron chi connectivity index (χ2n) is 5.27. The number of carbonyl (C=O) groups excluding carboxylic acids is 1. The first-order valence-corrected chi connectivity index (χ1v) is 9.85. The molecule has 26 heavy (non-hydrogen) atoms. The highest BCUT2D eigenvalue weighted by molar-refractivity contribution is 7.89. The number of anilines is 1. The zero-order valence-electron chi connectivity index (χ0n) is 13.3. The number of carbonyl (C=O) groups is 1. The molecule has 3 aromatic rings. The van der Waals surface area contributed by atoms with Gasteiger partial charge in [-0.3, -0.25) is 10.1 Å². The number of rotatable bonds is 6. The maximum absolute atomic E-state index is 12.9. The molecule has 0 radical (unpaired) electrons. The number of sulfonamides is 1. The molecule has 0 saturated carbocycles. The Kier molecular flexibility index (Phi) is 5.40. The smallest absolute Gasteiger partial charge is 0.257 e. The van der Waals surface area contributed by atoms with E-state index in [9.17, 15) is 17.6 Å². The van der Waals surface area contributed by atoms with Gasteiger partial charge in [-0.15, -0.1) is 11.3 Å². The molecule has 0 bridgehead atoms. The van der Waals surface area contributed by atoms with Gasteiger partial charge in [0.05, 0.1) is 4.90 Å². The lowest BCUT2D eigenvalue weighted by Gasteiger charge is -2.08. The van der Waals surface area contributed by atoms with E-state index >= 15 is 0 Å². The molecule has 0 aliphatic heterocycles. The first kappa shape index (κ1) is 18.2. The number of hydrogen-bond acceptors (Lipinski definition) is 5. The Morgan fingerprint density at radius 2 is 1.77 bits per heavy atom. The average molecular weight is 391 g/mol.